The van der Waals surface area contributed by atoms with Crippen LogP contribution in [0.2, 0.25) is 6.04 Å². The molecule has 0 atom stereocenters. The van der Waals surface area contributed by atoms with Gasteiger partial charge in [-0.15, -0.1) is 0 Å². The Kier molecular flexibility index (Phi) is 8.05. The second-order valence-electron chi connectivity index (χ2n) is 4.27. The molecule has 0 aliphatic heterocycles. The topological polar surface area (TPSA) is 78.9 Å². The zero-order chi connectivity index (χ0) is 14.9. The molecule has 0 aromatic rings. The molecule has 0 heterocycles. The molecule has 0 bridgehead atoms. The smallest absolute Gasteiger partial charge is 0.455 e. The lowest BCUT2D eigenvalue weighted by Gasteiger charge is -2.26. The van der Waals surface area contributed by atoms with Gasteiger partial charge in [-0.2, -0.15) is 0 Å². The number of hydrogen-bond acceptors (Lipinski definition) is 6. The molecular formula is C12H22O6Si. The van der Waals surface area contributed by atoms with E-state index in [0.29, 0.717) is 6.42 Å². The van der Waals surface area contributed by atoms with Crippen molar-refractivity contribution < 1.29 is 27.7 Å². The van der Waals surface area contributed by atoms with E-state index in [9.17, 15) is 14.4 Å². The monoisotopic (exact) mass is 290 g/mol. The van der Waals surface area contributed by atoms with E-state index in [0.717, 1.165) is 19.3 Å². The quantitative estimate of drug-likeness (QED) is 0.503. The van der Waals surface area contributed by atoms with E-state index in [1.165, 1.54) is 20.8 Å². The number of rotatable bonds is 8. The second-order valence-corrected chi connectivity index (χ2v) is 6.75. The summed E-state index contributed by atoms with van der Waals surface area (Å²) in [6.45, 7) is 5.65. The Balaban J connectivity index is 4.82. The van der Waals surface area contributed by atoms with Crippen LogP contribution >= 0.6 is 0 Å². The molecule has 0 spiro atoms. The maximum absolute atomic E-state index is 11.1. The van der Waals surface area contributed by atoms with E-state index in [1.807, 2.05) is 0 Å². The van der Waals surface area contributed by atoms with Crippen LogP contribution in [0.1, 0.15) is 53.4 Å². The summed E-state index contributed by atoms with van der Waals surface area (Å²) in [5, 5.41) is 0. The normalized spacial score (nSPS) is 10.7. The molecule has 0 saturated carbocycles. The molecule has 0 fully saturated rings. The van der Waals surface area contributed by atoms with Crippen LogP contribution in [0.15, 0.2) is 0 Å². The lowest BCUT2D eigenvalue weighted by atomic mass is 10.2. The summed E-state index contributed by atoms with van der Waals surface area (Å²) in [6.07, 6.45) is 3.64. The summed E-state index contributed by atoms with van der Waals surface area (Å²) in [5.74, 6) is -1.86. The predicted molar refractivity (Wildman–Crippen MR) is 70.0 cm³/mol. The Morgan fingerprint density at radius 3 is 1.53 bits per heavy atom. The van der Waals surface area contributed by atoms with Gasteiger partial charge in [-0.05, 0) is 6.42 Å². The molecule has 6 nitrogen and oxygen atoms in total. The van der Waals surface area contributed by atoms with Gasteiger partial charge in [0.1, 0.15) is 0 Å². The summed E-state index contributed by atoms with van der Waals surface area (Å²) in [6, 6.07) is 0.270. The van der Waals surface area contributed by atoms with Crippen LogP contribution in [-0.4, -0.2) is 26.7 Å². The van der Waals surface area contributed by atoms with Gasteiger partial charge in [0, 0.05) is 20.8 Å². The summed E-state index contributed by atoms with van der Waals surface area (Å²) in [7, 11) is -3.58. The molecule has 0 radical (unpaired) electrons. The van der Waals surface area contributed by atoms with Gasteiger partial charge in [0.05, 0.1) is 6.04 Å². The minimum atomic E-state index is -3.58. The van der Waals surface area contributed by atoms with E-state index in [1.54, 1.807) is 0 Å². The molecule has 0 unspecified atom stereocenters. The van der Waals surface area contributed by atoms with E-state index in [2.05, 4.69) is 6.92 Å². The highest BCUT2D eigenvalue weighted by molar-refractivity contribution is 6.65. The fourth-order valence-electron chi connectivity index (χ4n) is 1.64. The summed E-state index contributed by atoms with van der Waals surface area (Å²) >= 11 is 0. The Labute approximate surface area is 114 Å². The van der Waals surface area contributed by atoms with Crippen LogP contribution in [0.4, 0.5) is 0 Å². The highest BCUT2D eigenvalue weighted by atomic mass is 28.4. The van der Waals surface area contributed by atoms with Gasteiger partial charge >= 0.3 is 8.80 Å². The highest BCUT2D eigenvalue weighted by Crippen LogP contribution is 2.21. The van der Waals surface area contributed by atoms with Gasteiger partial charge in [0.2, 0.25) is 0 Å². The molecule has 19 heavy (non-hydrogen) atoms. The molecule has 0 aromatic carbocycles. The van der Waals surface area contributed by atoms with Gasteiger partial charge in [-0.3, -0.25) is 14.4 Å². The van der Waals surface area contributed by atoms with Crippen molar-refractivity contribution in [3.63, 3.8) is 0 Å². The van der Waals surface area contributed by atoms with E-state index in [-0.39, 0.29) is 6.04 Å². The minimum absolute atomic E-state index is 0.270. The van der Waals surface area contributed by atoms with Crippen molar-refractivity contribution in [2.45, 2.75) is 59.4 Å². The van der Waals surface area contributed by atoms with Crippen LogP contribution in [0.25, 0.3) is 0 Å². The Bertz CT molecular complexity index is 287. The SMILES string of the molecule is CCCCCC[Si](OC(C)=O)(OC(C)=O)OC(C)=O. The molecule has 0 N–H and O–H groups in total. The largest absolute Gasteiger partial charge is 0.705 e. The molecular weight excluding hydrogens is 268 g/mol. The zero-order valence-corrected chi connectivity index (χ0v) is 13.0. The van der Waals surface area contributed by atoms with E-state index in [4.69, 9.17) is 13.3 Å². The van der Waals surface area contributed by atoms with Crippen LogP contribution in [0.3, 0.4) is 0 Å². The van der Waals surface area contributed by atoms with E-state index >= 15 is 0 Å². The first-order valence-electron chi connectivity index (χ1n) is 6.40. The fourth-order valence-corrected chi connectivity index (χ4v) is 4.07. The van der Waals surface area contributed by atoms with Gasteiger partial charge in [0.15, 0.2) is 0 Å². The number of carbonyl (C=O) groups excluding carboxylic acids is 3. The predicted octanol–water partition coefficient (Wildman–Crippen LogP) is 2.19. The number of carbonyl (C=O) groups is 3. The lowest BCUT2D eigenvalue weighted by Crippen LogP contribution is -2.49. The molecule has 110 valence electrons. The van der Waals surface area contributed by atoms with Crippen molar-refractivity contribution in [2.75, 3.05) is 0 Å². The minimum Gasteiger partial charge on any atom is -0.455 e. The van der Waals surface area contributed by atoms with Crippen LogP contribution in [0.5, 0.6) is 0 Å². The fraction of sp³-hybridized carbons (Fsp3) is 0.750. The molecule has 0 aromatic heterocycles. The maximum atomic E-state index is 11.1. The first-order chi connectivity index (χ1) is 8.81. The lowest BCUT2D eigenvalue weighted by molar-refractivity contribution is -0.147. The van der Waals surface area contributed by atoms with Gasteiger partial charge in [-0.1, -0.05) is 26.2 Å². The highest BCUT2D eigenvalue weighted by Gasteiger charge is 2.51. The van der Waals surface area contributed by atoms with Crippen LogP contribution in [0, 0.1) is 0 Å². The van der Waals surface area contributed by atoms with Crippen molar-refractivity contribution in [3.8, 4) is 0 Å². The summed E-state index contributed by atoms with van der Waals surface area (Å²) < 4.78 is 15.2. The molecule has 0 aliphatic carbocycles. The molecule has 7 heteroatoms. The third-order valence-electron chi connectivity index (χ3n) is 2.23. The van der Waals surface area contributed by atoms with Crippen molar-refractivity contribution in [1.82, 2.24) is 0 Å². The van der Waals surface area contributed by atoms with Crippen molar-refractivity contribution in [1.29, 1.82) is 0 Å². The van der Waals surface area contributed by atoms with Crippen molar-refractivity contribution in [3.05, 3.63) is 0 Å². The Morgan fingerprint density at radius 1 is 0.789 bits per heavy atom. The van der Waals surface area contributed by atoms with Crippen LogP contribution < -0.4 is 0 Å². The third kappa shape index (κ3) is 8.36. The third-order valence-corrected chi connectivity index (χ3v) is 5.00. The Hall–Kier alpha value is -1.37. The summed E-state index contributed by atoms with van der Waals surface area (Å²) in [5.41, 5.74) is 0. The first-order valence-corrected chi connectivity index (χ1v) is 8.33. The van der Waals surface area contributed by atoms with Crippen molar-refractivity contribution in [2.24, 2.45) is 0 Å². The van der Waals surface area contributed by atoms with Gasteiger partial charge in [0.25, 0.3) is 17.9 Å². The van der Waals surface area contributed by atoms with E-state index < -0.39 is 26.7 Å². The average Bonchev–Trinajstić information content (AvgIpc) is 2.21. The number of unbranched alkanes of at least 4 members (excludes halogenated alkanes) is 3. The first kappa shape index (κ1) is 17.6. The second kappa shape index (κ2) is 8.68. The molecule has 0 saturated heterocycles. The summed E-state index contributed by atoms with van der Waals surface area (Å²) in [4.78, 5) is 33.4. The van der Waals surface area contributed by atoms with Crippen molar-refractivity contribution >= 4 is 26.7 Å². The average molecular weight is 290 g/mol. The standard InChI is InChI=1S/C12H22O6Si/c1-5-6-7-8-9-19(16-10(2)13,17-11(3)14)18-12(4)15/h5-9H2,1-4H3. The maximum Gasteiger partial charge on any atom is 0.705 e. The van der Waals surface area contributed by atoms with Gasteiger partial charge in [-0.25, -0.2) is 0 Å². The Morgan fingerprint density at radius 2 is 1.21 bits per heavy atom. The van der Waals surface area contributed by atoms with Gasteiger partial charge < -0.3 is 13.3 Å². The number of hydrogen-bond donors (Lipinski definition) is 0. The van der Waals surface area contributed by atoms with Crippen LogP contribution in [-0.2, 0) is 27.7 Å². The zero-order valence-electron chi connectivity index (χ0n) is 12.0. The molecule has 0 aliphatic rings. The molecule has 0 rings (SSSR count). The molecule has 0 amide bonds.